The molecule has 3 heterocycles. The predicted molar refractivity (Wildman–Crippen MR) is 166 cm³/mol. The third kappa shape index (κ3) is 7.54. The average molecular weight is 625 g/mol. The molecule has 2 fully saturated rings. The Balaban J connectivity index is 1.51. The van der Waals surface area contributed by atoms with E-state index in [1.165, 1.54) is 19.6 Å². The number of fused-ring (bicyclic) bond motifs is 1. The molecule has 2 aromatic heterocycles. The molecule has 12 heteroatoms. The fourth-order valence-corrected chi connectivity index (χ4v) is 6.52. The maximum atomic E-state index is 16.6. The number of rotatable bonds is 7. The molecule has 11 nitrogen and oxygen atoms in total. The number of carbonyl (C=O) groups is 3. The number of halogens is 1. The van der Waals surface area contributed by atoms with E-state index in [9.17, 15) is 14.4 Å². The number of amides is 2. The van der Waals surface area contributed by atoms with Crippen LogP contribution in [0.3, 0.4) is 0 Å². The summed E-state index contributed by atoms with van der Waals surface area (Å²) in [6, 6.07) is 1.84. The molecule has 2 aliphatic rings. The van der Waals surface area contributed by atoms with Crippen LogP contribution in [0, 0.1) is 18.7 Å². The molecule has 244 valence electrons. The normalized spacial score (nSPS) is 18.7. The van der Waals surface area contributed by atoms with E-state index in [0.29, 0.717) is 48.8 Å². The molecular formula is C33H45FN6O5. The minimum Gasteiger partial charge on any atom is -0.459 e. The number of piperazine rings is 1. The largest absolute Gasteiger partial charge is 0.459 e. The molecule has 5 rings (SSSR count). The second kappa shape index (κ2) is 13.7. The average Bonchev–Trinajstić information content (AvgIpc) is 3.59. The molecular weight excluding hydrogens is 579 g/mol. The minimum absolute atomic E-state index is 0.0368. The minimum atomic E-state index is -1.01. The molecule has 1 aliphatic carbocycles. The standard InChI is InChI=1S/C33H45FN6O5/c1-20-24(19-44-38-20)31(42)37-27(22-11-9-7-6-8-10-12-22)30-35-25-14-13-23(26(34)28(25)36-30)29(32(43)45-33(3,4)5)40-17-15-39(16-18-40)21(2)41/h13-14,19,22,27,29H,6-12,15-18H2,1-5H3,(H,35,36)(H,37,42)/t27-,29-/m0/s1. The van der Waals surface area contributed by atoms with Crippen molar-refractivity contribution in [1.82, 2.24) is 30.2 Å². The summed E-state index contributed by atoms with van der Waals surface area (Å²) in [4.78, 5) is 50.5. The lowest BCUT2D eigenvalue weighted by molar-refractivity contribution is -0.162. The van der Waals surface area contributed by atoms with Crippen molar-refractivity contribution in [2.24, 2.45) is 5.92 Å². The van der Waals surface area contributed by atoms with E-state index < -0.39 is 29.5 Å². The number of nitrogens with one attached hydrogen (secondary N) is 2. The maximum Gasteiger partial charge on any atom is 0.328 e. The zero-order valence-corrected chi connectivity index (χ0v) is 27.0. The van der Waals surface area contributed by atoms with Gasteiger partial charge in [0.1, 0.15) is 34.8 Å². The van der Waals surface area contributed by atoms with Crippen LogP contribution in [-0.2, 0) is 14.3 Å². The van der Waals surface area contributed by atoms with Crippen molar-refractivity contribution in [3.05, 3.63) is 46.9 Å². The van der Waals surface area contributed by atoms with Crippen molar-refractivity contribution < 1.29 is 28.0 Å². The number of H-pyrrole nitrogens is 1. The smallest absolute Gasteiger partial charge is 0.328 e. The monoisotopic (exact) mass is 624 g/mol. The number of aryl methyl sites for hydroxylation is 1. The number of aromatic nitrogens is 3. The Morgan fingerprint density at radius 2 is 1.73 bits per heavy atom. The Kier molecular flexibility index (Phi) is 9.91. The Labute approximate surface area is 263 Å². The van der Waals surface area contributed by atoms with Crippen LogP contribution in [0.2, 0.25) is 0 Å². The number of carbonyl (C=O) groups excluding carboxylic acids is 3. The van der Waals surface area contributed by atoms with Gasteiger partial charge >= 0.3 is 5.97 Å². The van der Waals surface area contributed by atoms with Gasteiger partial charge in [-0.25, -0.2) is 14.2 Å². The molecule has 0 bridgehead atoms. The molecule has 2 N–H and O–H groups in total. The third-order valence-corrected chi connectivity index (χ3v) is 8.89. The van der Waals surface area contributed by atoms with Crippen LogP contribution < -0.4 is 5.32 Å². The number of benzene rings is 1. The van der Waals surface area contributed by atoms with Crippen molar-refractivity contribution in [3.8, 4) is 0 Å². The molecule has 2 atom stereocenters. The molecule has 0 radical (unpaired) electrons. The van der Waals surface area contributed by atoms with Gasteiger partial charge in [-0.1, -0.05) is 43.3 Å². The van der Waals surface area contributed by atoms with Gasteiger partial charge in [0.15, 0.2) is 5.82 Å². The molecule has 45 heavy (non-hydrogen) atoms. The first-order valence-electron chi connectivity index (χ1n) is 16.0. The van der Waals surface area contributed by atoms with Crippen LogP contribution >= 0.6 is 0 Å². The first-order chi connectivity index (χ1) is 21.4. The van der Waals surface area contributed by atoms with E-state index in [2.05, 4.69) is 15.5 Å². The van der Waals surface area contributed by atoms with Gasteiger partial charge in [-0.05, 0) is 52.5 Å². The summed E-state index contributed by atoms with van der Waals surface area (Å²) >= 11 is 0. The molecule has 1 aliphatic heterocycles. The molecule has 1 saturated heterocycles. The van der Waals surface area contributed by atoms with Gasteiger partial charge in [0, 0.05) is 38.7 Å². The maximum absolute atomic E-state index is 16.6. The van der Waals surface area contributed by atoms with E-state index >= 15 is 4.39 Å². The summed E-state index contributed by atoms with van der Waals surface area (Å²) in [5, 5.41) is 7.00. The van der Waals surface area contributed by atoms with Gasteiger partial charge in [-0.3, -0.25) is 14.5 Å². The number of nitrogens with zero attached hydrogens (tertiary/aromatic N) is 4. The Morgan fingerprint density at radius 1 is 1.07 bits per heavy atom. The third-order valence-electron chi connectivity index (χ3n) is 8.89. The molecule has 1 aromatic carbocycles. The molecule has 1 saturated carbocycles. The predicted octanol–water partition coefficient (Wildman–Crippen LogP) is 5.38. The zero-order chi connectivity index (χ0) is 32.3. The van der Waals surface area contributed by atoms with Crippen LogP contribution in [-0.4, -0.2) is 74.5 Å². The summed E-state index contributed by atoms with van der Waals surface area (Å²) in [5.41, 5.74) is 0.800. The lowest BCUT2D eigenvalue weighted by Gasteiger charge is -2.39. The van der Waals surface area contributed by atoms with Crippen molar-refractivity contribution >= 4 is 28.8 Å². The SMILES string of the molecule is CC(=O)N1CCN([C@H](C(=O)OC(C)(C)C)c2ccc3[nH]c([C@@H](NC(=O)c4conc4C)C4CCCCCCC4)nc3c2F)CC1. The van der Waals surface area contributed by atoms with Gasteiger partial charge < -0.3 is 24.5 Å². The lowest BCUT2D eigenvalue weighted by Crippen LogP contribution is -2.51. The first kappa shape index (κ1) is 32.6. The zero-order valence-electron chi connectivity index (χ0n) is 27.0. The highest BCUT2D eigenvalue weighted by atomic mass is 19.1. The molecule has 3 aromatic rings. The summed E-state index contributed by atoms with van der Waals surface area (Å²) in [7, 11) is 0. The number of ether oxygens (including phenoxy) is 1. The Bertz CT molecular complexity index is 1510. The Morgan fingerprint density at radius 3 is 2.33 bits per heavy atom. The van der Waals surface area contributed by atoms with Gasteiger partial charge in [-0.15, -0.1) is 0 Å². The van der Waals surface area contributed by atoms with Gasteiger partial charge in [0.05, 0.1) is 17.3 Å². The highest BCUT2D eigenvalue weighted by Gasteiger charge is 2.37. The highest BCUT2D eigenvalue weighted by molar-refractivity contribution is 5.95. The van der Waals surface area contributed by atoms with E-state index in [1.807, 2.05) is 4.90 Å². The Hall–Kier alpha value is -3.80. The van der Waals surface area contributed by atoms with E-state index in [4.69, 9.17) is 14.2 Å². The van der Waals surface area contributed by atoms with Gasteiger partial charge in [0.25, 0.3) is 5.91 Å². The summed E-state index contributed by atoms with van der Waals surface area (Å²) in [6.07, 6.45) is 8.69. The highest BCUT2D eigenvalue weighted by Crippen LogP contribution is 2.36. The molecule has 2 amide bonds. The van der Waals surface area contributed by atoms with Gasteiger partial charge in [-0.2, -0.15) is 0 Å². The summed E-state index contributed by atoms with van der Waals surface area (Å²) < 4.78 is 27.3. The van der Waals surface area contributed by atoms with Crippen LogP contribution in [0.4, 0.5) is 4.39 Å². The van der Waals surface area contributed by atoms with Crippen LogP contribution in [0.15, 0.2) is 22.9 Å². The van der Waals surface area contributed by atoms with Crippen LogP contribution in [0.25, 0.3) is 11.0 Å². The number of esters is 1. The van der Waals surface area contributed by atoms with Crippen LogP contribution in [0.1, 0.15) is 112 Å². The van der Waals surface area contributed by atoms with Crippen molar-refractivity contribution in [2.45, 2.75) is 97.2 Å². The fraction of sp³-hybridized carbons (Fsp3) is 0.606. The van der Waals surface area contributed by atoms with Gasteiger partial charge in [0.2, 0.25) is 5.91 Å². The number of hydrogen-bond donors (Lipinski definition) is 2. The number of aromatic amines is 1. The molecule has 0 unspecified atom stereocenters. The lowest BCUT2D eigenvalue weighted by atomic mass is 9.85. The fourth-order valence-electron chi connectivity index (χ4n) is 6.52. The van der Waals surface area contributed by atoms with E-state index in [0.717, 1.165) is 38.5 Å². The van der Waals surface area contributed by atoms with Crippen LogP contribution in [0.5, 0.6) is 0 Å². The van der Waals surface area contributed by atoms with E-state index in [1.54, 1.807) is 44.7 Å². The second-order valence-corrected chi connectivity index (χ2v) is 13.3. The van der Waals surface area contributed by atoms with E-state index in [-0.39, 0.29) is 28.8 Å². The van der Waals surface area contributed by atoms with Crippen molar-refractivity contribution in [3.63, 3.8) is 0 Å². The quantitative estimate of drug-likeness (QED) is 0.335. The number of hydrogen-bond acceptors (Lipinski definition) is 8. The summed E-state index contributed by atoms with van der Waals surface area (Å²) in [6.45, 7) is 10.2. The topological polar surface area (TPSA) is 134 Å². The number of imidazole rings is 1. The summed E-state index contributed by atoms with van der Waals surface area (Å²) in [5.74, 6) is -0.959. The molecule has 0 spiro atoms. The van der Waals surface area contributed by atoms with Crippen molar-refractivity contribution in [1.29, 1.82) is 0 Å². The first-order valence-corrected chi connectivity index (χ1v) is 16.0. The second-order valence-electron chi connectivity index (χ2n) is 13.3. The van der Waals surface area contributed by atoms with Crippen molar-refractivity contribution in [2.75, 3.05) is 26.2 Å².